The van der Waals surface area contributed by atoms with Crippen molar-refractivity contribution >= 4 is 23.6 Å². The molecule has 0 unspecified atom stereocenters. The second-order valence-electron chi connectivity index (χ2n) is 3.60. The molecule has 0 aromatic heterocycles. The topological polar surface area (TPSA) is 86.6 Å². The van der Waals surface area contributed by atoms with E-state index in [1.165, 1.54) is 0 Å². The van der Waals surface area contributed by atoms with Gasteiger partial charge >= 0.3 is 5.97 Å². The smallest absolute Gasteiger partial charge is 0.313 e. The molecule has 0 saturated carbocycles. The number of rotatable bonds is 7. The van der Waals surface area contributed by atoms with Gasteiger partial charge in [-0.2, -0.15) is 0 Å². The molecule has 18 heavy (non-hydrogen) atoms. The molecular formula is C12H15NO4S. The van der Waals surface area contributed by atoms with Crippen LogP contribution in [0.3, 0.4) is 0 Å². The predicted molar refractivity (Wildman–Crippen MR) is 69.4 cm³/mol. The van der Waals surface area contributed by atoms with Gasteiger partial charge in [-0.05, 0) is 5.56 Å². The van der Waals surface area contributed by atoms with Gasteiger partial charge in [0.25, 0.3) is 0 Å². The SMILES string of the molecule is O=C(O)CSCC(=O)N[C@H](CO)c1ccccc1. The van der Waals surface area contributed by atoms with E-state index in [0.29, 0.717) is 0 Å². The van der Waals surface area contributed by atoms with E-state index in [-0.39, 0.29) is 24.0 Å². The number of hydrogen-bond acceptors (Lipinski definition) is 4. The van der Waals surface area contributed by atoms with E-state index in [1.807, 2.05) is 30.3 Å². The molecule has 0 saturated heterocycles. The molecule has 1 amide bonds. The van der Waals surface area contributed by atoms with Crippen molar-refractivity contribution in [2.24, 2.45) is 0 Å². The number of nitrogens with one attached hydrogen (secondary N) is 1. The maximum Gasteiger partial charge on any atom is 0.313 e. The van der Waals surface area contributed by atoms with Crippen molar-refractivity contribution in [2.75, 3.05) is 18.1 Å². The second kappa shape index (κ2) is 7.73. The fraction of sp³-hybridized carbons (Fsp3) is 0.333. The maximum atomic E-state index is 11.5. The van der Waals surface area contributed by atoms with Crippen LogP contribution in [0.4, 0.5) is 0 Å². The van der Waals surface area contributed by atoms with Crippen LogP contribution in [0.25, 0.3) is 0 Å². The van der Waals surface area contributed by atoms with Crippen LogP contribution in [-0.2, 0) is 9.59 Å². The number of aliphatic hydroxyl groups excluding tert-OH is 1. The first-order valence-corrected chi connectivity index (χ1v) is 6.53. The fourth-order valence-electron chi connectivity index (χ4n) is 1.39. The number of thioether (sulfide) groups is 1. The highest BCUT2D eigenvalue weighted by molar-refractivity contribution is 8.00. The van der Waals surface area contributed by atoms with Crippen LogP contribution in [0.1, 0.15) is 11.6 Å². The minimum Gasteiger partial charge on any atom is -0.481 e. The molecule has 0 aliphatic carbocycles. The van der Waals surface area contributed by atoms with Gasteiger partial charge < -0.3 is 15.5 Å². The Morgan fingerprint density at radius 3 is 2.44 bits per heavy atom. The Hall–Kier alpha value is -1.53. The summed E-state index contributed by atoms with van der Waals surface area (Å²) >= 11 is 1.02. The van der Waals surface area contributed by atoms with E-state index in [0.717, 1.165) is 17.3 Å². The molecule has 98 valence electrons. The molecule has 0 fully saturated rings. The summed E-state index contributed by atoms with van der Waals surface area (Å²) in [5.74, 6) is -1.28. The van der Waals surface area contributed by atoms with Crippen molar-refractivity contribution in [3.8, 4) is 0 Å². The van der Waals surface area contributed by atoms with Gasteiger partial charge in [0.1, 0.15) is 0 Å². The molecule has 0 heterocycles. The average Bonchev–Trinajstić information content (AvgIpc) is 2.36. The van der Waals surface area contributed by atoms with E-state index in [2.05, 4.69) is 5.32 Å². The number of carboxylic acid groups (broad SMARTS) is 1. The van der Waals surface area contributed by atoms with E-state index in [4.69, 9.17) is 5.11 Å². The first-order valence-electron chi connectivity index (χ1n) is 5.38. The van der Waals surface area contributed by atoms with Crippen molar-refractivity contribution < 1.29 is 19.8 Å². The largest absolute Gasteiger partial charge is 0.481 e. The molecule has 0 aliphatic heterocycles. The summed E-state index contributed by atoms with van der Waals surface area (Å²) < 4.78 is 0. The van der Waals surface area contributed by atoms with Gasteiger partial charge in [-0.3, -0.25) is 9.59 Å². The summed E-state index contributed by atoms with van der Waals surface area (Å²) in [6, 6.07) is 8.66. The zero-order valence-corrected chi connectivity index (χ0v) is 10.5. The van der Waals surface area contributed by atoms with E-state index in [9.17, 15) is 14.7 Å². The van der Waals surface area contributed by atoms with Crippen molar-refractivity contribution in [1.29, 1.82) is 0 Å². The summed E-state index contributed by atoms with van der Waals surface area (Å²) in [4.78, 5) is 21.8. The fourth-order valence-corrected chi connectivity index (χ4v) is 1.93. The minimum atomic E-state index is -0.949. The highest BCUT2D eigenvalue weighted by Gasteiger charge is 2.13. The first kappa shape index (κ1) is 14.5. The van der Waals surface area contributed by atoms with Gasteiger partial charge in [0.05, 0.1) is 24.2 Å². The molecule has 0 spiro atoms. The minimum absolute atomic E-state index is 0.0651. The lowest BCUT2D eigenvalue weighted by Crippen LogP contribution is -2.32. The zero-order valence-electron chi connectivity index (χ0n) is 9.70. The number of amides is 1. The predicted octanol–water partition coefficient (Wildman–Crippen LogP) is 0.654. The van der Waals surface area contributed by atoms with Crippen molar-refractivity contribution in [3.05, 3.63) is 35.9 Å². The standard InChI is InChI=1S/C12H15NO4S/c14-6-10(9-4-2-1-3-5-9)13-11(15)7-18-8-12(16)17/h1-5,10,14H,6-8H2,(H,13,15)(H,16,17)/t10-/m1/s1. The Morgan fingerprint density at radius 1 is 1.22 bits per heavy atom. The normalized spacial score (nSPS) is 11.8. The molecule has 1 aromatic carbocycles. The highest BCUT2D eigenvalue weighted by Crippen LogP contribution is 2.11. The third kappa shape index (κ3) is 5.20. The Balaban J connectivity index is 2.44. The third-order valence-electron chi connectivity index (χ3n) is 2.18. The number of aliphatic carboxylic acids is 1. The quantitative estimate of drug-likeness (QED) is 0.676. The van der Waals surface area contributed by atoms with Crippen LogP contribution in [0, 0.1) is 0 Å². The van der Waals surface area contributed by atoms with Crippen molar-refractivity contribution in [2.45, 2.75) is 6.04 Å². The Morgan fingerprint density at radius 2 is 1.89 bits per heavy atom. The molecule has 5 nitrogen and oxygen atoms in total. The van der Waals surface area contributed by atoms with Gasteiger partial charge in [0.2, 0.25) is 5.91 Å². The van der Waals surface area contributed by atoms with Crippen LogP contribution < -0.4 is 5.32 Å². The second-order valence-corrected chi connectivity index (χ2v) is 4.59. The Bertz CT molecular complexity index is 396. The molecular weight excluding hydrogens is 254 g/mol. The molecule has 1 rings (SSSR count). The lowest BCUT2D eigenvalue weighted by atomic mass is 10.1. The number of aliphatic hydroxyl groups is 1. The van der Waals surface area contributed by atoms with Crippen LogP contribution in [0.5, 0.6) is 0 Å². The van der Waals surface area contributed by atoms with Gasteiger partial charge in [-0.15, -0.1) is 11.8 Å². The van der Waals surface area contributed by atoms with E-state index in [1.54, 1.807) is 0 Å². The molecule has 0 radical (unpaired) electrons. The number of carbonyl (C=O) groups is 2. The monoisotopic (exact) mass is 269 g/mol. The summed E-state index contributed by atoms with van der Waals surface area (Å²) in [5.41, 5.74) is 0.816. The summed E-state index contributed by atoms with van der Waals surface area (Å²) in [7, 11) is 0. The molecule has 1 aromatic rings. The van der Waals surface area contributed by atoms with Gasteiger partial charge in [0, 0.05) is 0 Å². The maximum absolute atomic E-state index is 11.5. The number of carboxylic acids is 1. The number of carbonyl (C=O) groups excluding carboxylic acids is 1. The Labute approximate surface area is 109 Å². The van der Waals surface area contributed by atoms with Gasteiger partial charge in [-0.1, -0.05) is 30.3 Å². The van der Waals surface area contributed by atoms with Crippen LogP contribution in [0.15, 0.2) is 30.3 Å². The lowest BCUT2D eigenvalue weighted by molar-refractivity contribution is -0.133. The average molecular weight is 269 g/mol. The molecule has 1 atom stereocenters. The Kier molecular flexibility index (Phi) is 6.24. The molecule has 0 aliphatic rings. The number of hydrogen-bond donors (Lipinski definition) is 3. The van der Waals surface area contributed by atoms with E-state index >= 15 is 0 Å². The lowest BCUT2D eigenvalue weighted by Gasteiger charge is -2.16. The number of benzene rings is 1. The zero-order chi connectivity index (χ0) is 13.4. The summed E-state index contributed by atoms with van der Waals surface area (Å²) in [5, 5.41) is 20.3. The van der Waals surface area contributed by atoms with Crippen molar-refractivity contribution in [1.82, 2.24) is 5.32 Å². The van der Waals surface area contributed by atoms with Crippen LogP contribution in [0.2, 0.25) is 0 Å². The summed E-state index contributed by atoms with van der Waals surface area (Å²) in [6.07, 6.45) is 0. The molecule has 6 heteroatoms. The van der Waals surface area contributed by atoms with Crippen molar-refractivity contribution in [3.63, 3.8) is 0 Å². The third-order valence-corrected chi connectivity index (χ3v) is 3.10. The van der Waals surface area contributed by atoms with E-state index < -0.39 is 12.0 Å². The highest BCUT2D eigenvalue weighted by atomic mass is 32.2. The van der Waals surface area contributed by atoms with Crippen LogP contribution in [-0.4, -0.2) is 40.2 Å². The van der Waals surface area contributed by atoms with Gasteiger partial charge in [0.15, 0.2) is 0 Å². The summed E-state index contributed by atoms with van der Waals surface area (Å²) in [6.45, 7) is -0.195. The molecule has 0 bridgehead atoms. The first-order chi connectivity index (χ1) is 8.63. The van der Waals surface area contributed by atoms with Crippen LogP contribution >= 0.6 is 11.8 Å². The molecule has 3 N–H and O–H groups in total. The van der Waals surface area contributed by atoms with Gasteiger partial charge in [-0.25, -0.2) is 0 Å².